The number of anilines is 1. The van der Waals surface area contributed by atoms with Crippen LogP contribution in [-0.4, -0.2) is 14.8 Å². The van der Waals surface area contributed by atoms with Gasteiger partial charge in [0.1, 0.15) is 4.47 Å². The fourth-order valence-electron chi connectivity index (χ4n) is 1.88. The lowest BCUT2D eigenvalue weighted by Crippen LogP contribution is -2.26. The zero-order chi connectivity index (χ0) is 14.7. The first-order chi connectivity index (χ1) is 9.50. The van der Waals surface area contributed by atoms with E-state index in [-0.39, 0.29) is 17.6 Å². The highest BCUT2D eigenvalue weighted by molar-refractivity contribution is 9.10. The number of nitrogens with zero attached hydrogens (tertiary/aromatic N) is 3. The van der Waals surface area contributed by atoms with E-state index in [0.29, 0.717) is 10.2 Å². The minimum atomic E-state index is -0.132. The topological polar surface area (TPSA) is 59.8 Å². The molecule has 0 aliphatic carbocycles. The highest BCUT2D eigenvalue weighted by Crippen LogP contribution is 2.23. The number of hydrogen-bond donors (Lipinski definition) is 1. The van der Waals surface area contributed by atoms with Gasteiger partial charge in [-0.1, -0.05) is 0 Å². The second kappa shape index (κ2) is 6.17. The van der Waals surface area contributed by atoms with E-state index >= 15 is 0 Å². The Morgan fingerprint density at radius 1 is 1.25 bits per heavy atom. The van der Waals surface area contributed by atoms with Crippen LogP contribution in [0.2, 0.25) is 0 Å². The van der Waals surface area contributed by atoms with Gasteiger partial charge in [-0.05, 0) is 54.4 Å². The summed E-state index contributed by atoms with van der Waals surface area (Å²) < 4.78 is 1.95. The van der Waals surface area contributed by atoms with Gasteiger partial charge in [-0.2, -0.15) is 5.10 Å². The molecule has 0 radical (unpaired) electrons. The third kappa shape index (κ3) is 3.07. The van der Waals surface area contributed by atoms with Crippen LogP contribution in [0, 0.1) is 0 Å². The second-order valence-corrected chi connectivity index (χ2v) is 5.66. The molecule has 0 aliphatic heterocycles. The van der Waals surface area contributed by atoms with Crippen molar-refractivity contribution in [3.05, 3.63) is 51.1 Å². The Kier molecular flexibility index (Phi) is 4.54. The van der Waals surface area contributed by atoms with Gasteiger partial charge in [0, 0.05) is 18.4 Å². The van der Waals surface area contributed by atoms with Crippen molar-refractivity contribution in [2.24, 2.45) is 0 Å². The number of pyridine rings is 1. The van der Waals surface area contributed by atoms with Gasteiger partial charge in [0.05, 0.1) is 17.9 Å². The van der Waals surface area contributed by atoms with Crippen LogP contribution in [0.4, 0.5) is 5.69 Å². The molecule has 5 nitrogen and oxygen atoms in total. The van der Waals surface area contributed by atoms with Crippen LogP contribution >= 0.6 is 15.9 Å². The molecule has 2 heterocycles. The molecule has 1 atom stereocenters. The van der Waals surface area contributed by atoms with Crippen LogP contribution in [0.15, 0.2) is 40.0 Å². The van der Waals surface area contributed by atoms with E-state index in [0.717, 1.165) is 5.56 Å². The average molecular weight is 337 g/mol. The highest BCUT2D eigenvalue weighted by Gasteiger charge is 2.13. The molecule has 6 heteroatoms. The number of nitrogens with one attached hydrogen (secondary N) is 1. The zero-order valence-electron chi connectivity index (χ0n) is 11.7. The third-order valence-corrected chi connectivity index (χ3v) is 3.78. The first-order valence-corrected chi connectivity index (χ1v) is 7.23. The van der Waals surface area contributed by atoms with Gasteiger partial charge in [0.15, 0.2) is 0 Å². The number of aromatic nitrogens is 3. The lowest BCUT2D eigenvalue weighted by molar-refractivity contribution is 0.501. The summed E-state index contributed by atoms with van der Waals surface area (Å²) in [6, 6.07) is 3.97. The summed E-state index contributed by atoms with van der Waals surface area (Å²) in [4.78, 5) is 16.1. The number of rotatable bonds is 4. The van der Waals surface area contributed by atoms with Crippen LogP contribution in [-0.2, 0) is 0 Å². The second-order valence-electron chi connectivity index (χ2n) is 4.86. The fraction of sp³-hybridized carbons (Fsp3) is 0.357. The Labute approximate surface area is 126 Å². The molecular weight excluding hydrogens is 320 g/mol. The van der Waals surface area contributed by atoms with E-state index in [2.05, 4.69) is 31.3 Å². The molecule has 106 valence electrons. The molecule has 1 unspecified atom stereocenters. The first kappa shape index (κ1) is 14.7. The highest BCUT2D eigenvalue weighted by atomic mass is 79.9. The Morgan fingerprint density at radius 2 is 1.90 bits per heavy atom. The minimum absolute atomic E-state index is 0.0328. The molecular formula is C14H17BrN4O. The van der Waals surface area contributed by atoms with Crippen molar-refractivity contribution >= 4 is 21.6 Å². The van der Waals surface area contributed by atoms with Crippen molar-refractivity contribution in [2.75, 3.05) is 5.32 Å². The Balaban J connectivity index is 2.27. The summed E-state index contributed by atoms with van der Waals surface area (Å²) >= 11 is 3.35. The molecule has 0 saturated carbocycles. The lowest BCUT2D eigenvalue weighted by atomic mass is 10.1. The van der Waals surface area contributed by atoms with Crippen molar-refractivity contribution in [3.63, 3.8) is 0 Å². The van der Waals surface area contributed by atoms with E-state index in [4.69, 9.17) is 0 Å². The maximum atomic E-state index is 12.2. The summed E-state index contributed by atoms with van der Waals surface area (Å²) in [7, 11) is 0. The van der Waals surface area contributed by atoms with Crippen LogP contribution in [0.1, 0.15) is 38.4 Å². The third-order valence-electron chi connectivity index (χ3n) is 3.01. The number of halogens is 1. The molecule has 0 fully saturated rings. The number of hydrogen-bond acceptors (Lipinski definition) is 4. The van der Waals surface area contributed by atoms with Crippen LogP contribution < -0.4 is 10.9 Å². The van der Waals surface area contributed by atoms with Crippen molar-refractivity contribution in [2.45, 2.75) is 32.9 Å². The zero-order valence-corrected chi connectivity index (χ0v) is 13.3. The molecule has 0 aromatic carbocycles. The van der Waals surface area contributed by atoms with Crippen LogP contribution in [0.5, 0.6) is 0 Å². The van der Waals surface area contributed by atoms with E-state index in [9.17, 15) is 4.79 Å². The average Bonchev–Trinajstić information content (AvgIpc) is 2.44. The van der Waals surface area contributed by atoms with Crippen molar-refractivity contribution in [1.29, 1.82) is 0 Å². The normalized spacial score (nSPS) is 12.4. The maximum absolute atomic E-state index is 12.2. The molecule has 1 N–H and O–H groups in total. The molecule has 0 spiro atoms. The predicted octanol–water partition coefficient (Wildman–Crippen LogP) is 3.15. The van der Waals surface area contributed by atoms with Gasteiger partial charge in [-0.25, -0.2) is 4.68 Å². The van der Waals surface area contributed by atoms with Gasteiger partial charge in [0.2, 0.25) is 0 Å². The van der Waals surface area contributed by atoms with Gasteiger partial charge in [-0.15, -0.1) is 0 Å². The summed E-state index contributed by atoms with van der Waals surface area (Å²) in [5.74, 6) is 0. The molecule has 0 saturated heterocycles. The summed E-state index contributed by atoms with van der Waals surface area (Å²) in [5.41, 5.74) is 1.66. The molecule has 2 aromatic rings. The van der Waals surface area contributed by atoms with Gasteiger partial charge in [0.25, 0.3) is 5.56 Å². The standard InChI is InChI=1S/C14H17BrN4O/c1-9(2)19-14(20)13(15)12(8-17-19)18-10(3)11-4-6-16-7-5-11/h4-10,18H,1-3H3. The molecule has 0 aliphatic rings. The molecule has 20 heavy (non-hydrogen) atoms. The summed E-state index contributed by atoms with van der Waals surface area (Å²) in [5, 5.41) is 7.47. The smallest absolute Gasteiger partial charge is 0.283 e. The van der Waals surface area contributed by atoms with Gasteiger partial charge < -0.3 is 5.32 Å². The van der Waals surface area contributed by atoms with Crippen LogP contribution in [0.3, 0.4) is 0 Å². The largest absolute Gasteiger partial charge is 0.376 e. The minimum Gasteiger partial charge on any atom is -0.376 e. The molecule has 2 rings (SSSR count). The summed E-state index contributed by atoms with van der Waals surface area (Å²) in [6.07, 6.45) is 5.16. The van der Waals surface area contributed by atoms with Crippen LogP contribution in [0.25, 0.3) is 0 Å². The van der Waals surface area contributed by atoms with Gasteiger partial charge >= 0.3 is 0 Å². The SMILES string of the molecule is CC(Nc1cnn(C(C)C)c(=O)c1Br)c1ccncc1. The van der Waals surface area contributed by atoms with Gasteiger partial charge in [-0.3, -0.25) is 9.78 Å². The Hall–Kier alpha value is -1.69. The Morgan fingerprint density at radius 3 is 2.50 bits per heavy atom. The van der Waals surface area contributed by atoms with Crippen molar-refractivity contribution in [3.8, 4) is 0 Å². The first-order valence-electron chi connectivity index (χ1n) is 6.44. The Bertz CT molecular complexity index is 639. The van der Waals surface area contributed by atoms with E-state index in [1.807, 2.05) is 32.9 Å². The lowest BCUT2D eigenvalue weighted by Gasteiger charge is -2.17. The van der Waals surface area contributed by atoms with E-state index < -0.39 is 0 Å². The fourth-order valence-corrected chi connectivity index (χ4v) is 2.28. The predicted molar refractivity (Wildman–Crippen MR) is 82.9 cm³/mol. The maximum Gasteiger partial charge on any atom is 0.283 e. The van der Waals surface area contributed by atoms with E-state index in [1.165, 1.54) is 4.68 Å². The van der Waals surface area contributed by atoms with E-state index in [1.54, 1.807) is 18.6 Å². The monoisotopic (exact) mass is 336 g/mol. The molecule has 2 aromatic heterocycles. The quantitative estimate of drug-likeness (QED) is 0.931. The van der Waals surface area contributed by atoms with Crippen molar-refractivity contribution < 1.29 is 0 Å². The molecule has 0 bridgehead atoms. The summed E-state index contributed by atoms with van der Waals surface area (Å²) in [6.45, 7) is 5.87. The molecule has 0 amide bonds. The van der Waals surface area contributed by atoms with Crippen molar-refractivity contribution in [1.82, 2.24) is 14.8 Å².